The second-order valence-electron chi connectivity index (χ2n) is 8.51. The maximum absolute atomic E-state index is 11.2. The molecular formula is C30H20N4O2. The monoisotopic (exact) mass is 468 g/mol. The SMILES string of the molecule is C1=Cc2cc3ccc(cc4ccc(cc5nc(cc1n2)C=C5)[nH]4)[nH]3.O=C1C=CC(=O)c2ccccc21. The van der Waals surface area contributed by atoms with Crippen LogP contribution in [0.2, 0.25) is 0 Å². The molecule has 7 rings (SSSR count). The Kier molecular flexibility index (Phi) is 5.31. The van der Waals surface area contributed by atoms with Crippen LogP contribution in [0, 0.1) is 0 Å². The van der Waals surface area contributed by atoms with Crippen molar-refractivity contribution in [3.63, 3.8) is 0 Å². The second kappa shape index (κ2) is 8.92. The number of nitrogens with one attached hydrogen (secondary N) is 2. The van der Waals surface area contributed by atoms with Gasteiger partial charge in [0, 0.05) is 33.2 Å². The van der Waals surface area contributed by atoms with Crippen LogP contribution in [0.1, 0.15) is 43.5 Å². The maximum atomic E-state index is 11.2. The lowest BCUT2D eigenvalue weighted by Gasteiger charge is -2.06. The van der Waals surface area contributed by atoms with E-state index < -0.39 is 0 Å². The topological polar surface area (TPSA) is 91.5 Å². The molecule has 2 aliphatic heterocycles. The molecule has 6 nitrogen and oxygen atoms in total. The van der Waals surface area contributed by atoms with Crippen molar-refractivity contribution in [1.82, 2.24) is 19.9 Å². The van der Waals surface area contributed by atoms with Crippen LogP contribution in [0.5, 0.6) is 0 Å². The normalized spacial score (nSPS) is 13.3. The minimum absolute atomic E-state index is 0.0924. The Morgan fingerprint density at radius 2 is 0.833 bits per heavy atom. The van der Waals surface area contributed by atoms with E-state index in [1.54, 1.807) is 24.3 Å². The number of carbonyl (C=O) groups is 2. The Bertz CT molecular complexity index is 1660. The van der Waals surface area contributed by atoms with Gasteiger partial charge in [0.1, 0.15) is 0 Å². The lowest BCUT2D eigenvalue weighted by Crippen LogP contribution is -2.10. The third-order valence-electron chi connectivity index (χ3n) is 5.89. The molecule has 6 heteroatoms. The van der Waals surface area contributed by atoms with Crippen LogP contribution in [0.15, 0.2) is 84.9 Å². The van der Waals surface area contributed by atoms with Gasteiger partial charge in [-0.05, 0) is 85.0 Å². The number of fused-ring (bicyclic) bond motifs is 9. The first-order valence-electron chi connectivity index (χ1n) is 11.5. The molecule has 1 aromatic carbocycles. The summed E-state index contributed by atoms with van der Waals surface area (Å²) < 4.78 is 0. The molecule has 0 unspecified atom stereocenters. The first-order chi connectivity index (χ1) is 17.6. The lowest BCUT2D eigenvalue weighted by atomic mass is 9.95. The quantitative estimate of drug-likeness (QED) is 0.275. The highest BCUT2D eigenvalue weighted by Crippen LogP contribution is 2.18. The van der Waals surface area contributed by atoms with Crippen LogP contribution in [-0.4, -0.2) is 31.5 Å². The van der Waals surface area contributed by atoms with Crippen molar-refractivity contribution >= 4 is 57.9 Å². The zero-order chi connectivity index (χ0) is 24.5. The van der Waals surface area contributed by atoms with E-state index in [4.69, 9.17) is 0 Å². The zero-order valence-electron chi connectivity index (χ0n) is 19.1. The van der Waals surface area contributed by atoms with Crippen molar-refractivity contribution in [2.24, 2.45) is 0 Å². The molecule has 0 fully saturated rings. The van der Waals surface area contributed by atoms with E-state index in [0.29, 0.717) is 11.1 Å². The number of hydrogen-bond acceptors (Lipinski definition) is 4. The number of ketones is 2. The van der Waals surface area contributed by atoms with Crippen LogP contribution in [-0.2, 0) is 0 Å². The molecule has 1 aliphatic carbocycles. The molecule has 2 N–H and O–H groups in total. The van der Waals surface area contributed by atoms with Gasteiger partial charge in [-0.2, -0.15) is 0 Å². The molecule has 0 spiro atoms. The smallest absolute Gasteiger partial charge is 0.186 e. The molecule has 8 bridgehead atoms. The fraction of sp³-hybridized carbons (Fsp3) is 0. The van der Waals surface area contributed by atoms with Crippen LogP contribution < -0.4 is 0 Å². The Morgan fingerprint density at radius 3 is 1.28 bits per heavy atom. The number of nitrogens with zero attached hydrogens (tertiary/aromatic N) is 2. The van der Waals surface area contributed by atoms with E-state index in [2.05, 4.69) is 50.3 Å². The van der Waals surface area contributed by atoms with Gasteiger partial charge < -0.3 is 9.97 Å². The van der Waals surface area contributed by atoms with Gasteiger partial charge in [-0.15, -0.1) is 0 Å². The van der Waals surface area contributed by atoms with Gasteiger partial charge in [-0.25, -0.2) is 9.97 Å². The van der Waals surface area contributed by atoms with Crippen molar-refractivity contribution in [2.45, 2.75) is 0 Å². The van der Waals surface area contributed by atoms with Crippen molar-refractivity contribution < 1.29 is 9.59 Å². The van der Waals surface area contributed by atoms with E-state index in [-0.39, 0.29) is 11.6 Å². The average Bonchev–Trinajstić information content (AvgIpc) is 3.68. The van der Waals surface area contributed by atoms with Crippen LogP contribution in [0.25, 0.3) is 46.4 Å². The molecule has 5 heterocycles. The highest BCUT2D eigenvalue weighted by atomic mass is 16.1. The summed E-state index contributed by atoms with van der Waals surface area (Å²) in [6.07, 6.45) is 10.7. The highest BCUT2D eigenvalue weighted by Gasteiger charge is 2.17. The fourth-order valence-electron chi connectivity index (χ4n) is 4.19. The minimum Gasteiger partial charge on any atom is -0.355 e. The standard InChI is InChI=1S/C20H14N4.C10H6O2/c1-2-14-10-16-5-6-18(23-16)12-20-8-7-19(24-20)11-17-4-3-15(22-17)9-13(1)21-14;11-9-5-6-10(12)8-4-2-1-3-7(8)9/h1-12,21-22H;1-6H. The number of allylic oxidation sites excluding steroid dienone is 2. The van der Waals surface area contributed by atoms with E-state index in [1.807, 2.05) is 42.5 Å². The molecule has 3 aromatic heterocycles. The minimum atomic E-state index is -0.0924. The van der Waals surface area contributed by atoms with E-state index >= 15 is 0 Å². The largest absolute Gasteiger partial charge is 0.355 e. The van der Waals surface area contributed by atoms with Gasteiger partial charge in [-0.3, -0.25) is 9.59 Å². The molecule has 4 aromatic rings. The van der Waals surface area contributed by atoms with E-state index in [1.165, 1.54) is 12.2 Å². The van der Waals surface area contributed by atoms with E-state index in [0.717, 1.165) is 44.8 Å². The number of H-pyrrole nitrogens is 2. The predicted molar refractivity (Wildman–Crippen MR) is 143 cm³/mol. The zero-order valence-corrected chi connectivity index (χ0v) is 19.1. The Morgan fingerprint density at radius 1 is 0.444 bits per heavy atom. The summed E-state index contributed by atoms with van der Waals surface area (Å²) in [6, 6.07) is 23.2. The van der Waals surface area contributed by atoms with Crippen molar-refractivity contribution in [2.75, 3.05) is 0 Å². The first kappa shape index (κ1) is 21.4. The number of benzene rings is 1. The molecular weight excluding hydrogens is 448 g/mol. The highest BCUT2D eigenvalue weighted by molar-refractivity contribution is 6.21. The van der Waals surface area contributed by atoms with Crippen LogP contribution in [0.4, 0.5) is 0 Å². The van der Waals surface area contributed by atoms with Crippen LogP contribution in [0.3, 0.4) is 0 Å². The molecule has 36 heavy (non-hydrogen) atoms. The molecule has 0 radical (unpaired) electrons. The number of rotatable bonds is 0. The molecule has 0 saturated heterocycles. The van der Waals surface area contributed by atoms with Gasteiger partial charge in [0.25, 0.3) is 0 Å². The fourth-order valence-corrected chi connectivity index (χ4v) is 4.19. The molecule has 3 aliphatic rings. The summed E-state index contributed by atoms with van der Waals surface area (Å²) in [5, 5.41) is 0. The number of carbonyl (C=O) groups excluding carboxylic acids is 2. The lowest BCUT2D eigenvalue weighted by molar-refractivity contribution is 0.0994. The Balaban J connectivity index is 0.000000168. The summed E-state index contributed by atoms with van der Waals surface area (Å²) >= 11 is 0. The van der Waals surface area contributed by atoms with Crippen molar-refractivity contribution in [3.8, 4) is 0 Å². The molecule has 172 valence electrons. The molecule has 0 amide bonds. The number of aromatic nitrogens is 4. The number of hydrogen-bond donors (Lipinski definition) is 2. The Labute approximate surface area is 206 Å². The van der Waals surface area contributed by atoms with Crippen molar-refractivity contribution in [3.05, 3.63) is 119 Å². The van der Waals surface area contributed by atoms with Gasteiger partial charge in [-0.1, -0.05) is 24.3 Å². The average molecular weight is 469 g/mol. The van der Waals surface area contributed by atoms with Crippen LogP contribution >= 0.6 is 0 Å². The summed E-state index contributed by atoms with van der Waals surface area (Å²) in [5.41, 5.74) is 8.87. The summed E-state index contributed by atoms with van der Waals surface area (Å²) in [4.78, 5) is 38.4. The summed E-state index contributed by atoms with van der Waals surface area (Å²) in [7, 11) is 0. The summed E-state index contributed by atoms with van der Waals surface area (Å²) in [6.45, 7) is 0. The van der Waals surface area contributed by atoms with Crippen molar-refractivity contribution in [1.29, 1.82) is 0 Å². The number of aromatic amines is 2. The molecule has 0 atom stereocenters. The molecule has 0 saturated carbocycles. The first-order valence-corrected chi connectivity index (χ1v) is 11.5. The van der Waals surface area contributed by atoms with Gasteiger partial charge in [0.05, 0.1) is 22.8 Å². The predicted octanol–water partition coefficient (Wildman–Crippen LogP) is 6.28. The van der Waals surface area contributed by atoms with E-state index in [9.17, 15) is 9.59 Å². The Hall–Kier alpha value is -5.10. The maximum Gasteiger partial charge on any atom is 0.186 e. The van der Waals surface area contributed by atoms with Gasteiger partial charge >= 0.3 is 0 Å². The van der Waals surface area contributed by atoms with Gasteiger partial charge in [0.2, 0.25) is 0 Å². The summed E-state index contributed by atoms with van der Waals surface area (Å²) in [5.74, 6) is -0.185. The van der Waals surface area contributed by atoms with Gasteiger partial charge in [0.15, 0.2) is 11.6 Å². The third-order valence-corrected chi connectivity index (χ3v) is 5.89. The third kappa shape index (κ3) is 4.48. The second-order valence-corrected chi connectivity index (χ2v) is 8.51.